The van der Waals surface area contributed by atoms with Crippen LogP contribution >= 0.6 is 11.6 Å². The smallest absolute Gasteiger partial charge is 0.252 e. The molecule has 0 unspecified atom stereocenters. The van der Waals surface area contributed by atoms with Gasteiger partial charge in [0.25, 0.3) is 5.91 Å². The zero-order chi connectivity index (χ0) is 31.1. The third-order valence-corrected chi connectivity index (χ3v) is 7.00. The number of hydrogen-bond acceptors (Lipinski definition) is 7. The Labute approximate surface area is 262 Å². The monoisotopic (exact) mass is 614 g/mol. The summed E-state index contributed by atoms with van der Waals surface area (Å²) in [4.78, 5) is 29.5. The zero-order valence-electron chi connectivity index (χ0n) is 24.8. The summed E-state index contributed by atoms with van der Waals surface area (Å²) < 4.78 is 22.6. The topological polar surface area (TPSA) is 95.5 Å². The molecule has 4 aromatic carbocycles. The molecule has 0 saturated carbocycles. The minimum absolute atomic E-state index is 0.00274. The molecule has 0 aliphatic carbocycles. The van der Waals surface area contributed by atoms with Gasteiger partial charge in [0.1, 0.15) is 24.7 Å². The number of methoxy groups -OCH3 is 2. The molecule has 0 aliphatic heterocycles. The Kier molecular flexibility index (Phi) is 12.2. The molecule has 0 aliphatic rings. The molecule has 4 rings (SSSR count). The molecular formula is C35H35ClN2O6. The van der Waals surface area contributed by atoms with Gasteiger partial charge in [0.2, 0.25) is 0 Å². The molecule has 4 aromatic rings. The predicted octanol–water partition coefficient (Wildman–Crippen LogP) is 6.71. The highest BCUT2D eigenvalue weighted by Gasteiger charge is 2.20. The van der Waals surface area contributed by atoms with Gasteiger partial charge in [0.05, 0.1) is 31.4 Å². The number of benzene rings is 4. The standard InChI is InChI=1S/C35H35ClN2O6/c1-41-29-14-10-26(11-15-29)23-43-32-19-18-31(33(36)34(32)44-24-27-12-16-30(42-2)17-13-27)35(40)38-20-6-9-28(39)22-37-21-25-7-4-3-5-8-25/h3-5,7-8,10-19,21H,6,9,20,22-24H2,1-2H3,(H,38,40). The van der Waals surface area contributed by atoms with E-state index in [1.165, 1.54) is 0 Å². The van der Waals surface area contributed by atoms with Gasteiger partial charge in [0.15, 0.2) is 17.3 Å². The van der Waals surface area contributed by atoms with Gasteiger partial charge in [-0.1, -0.05) is 66.2 Å². The van der Waals surface area contributed by atoms with Crippen LogP contribution in [-0.2, 0) is 18.0 Å². The van der Waals surface area contributed by atoms with E-state index in [1.807, 2.05) is 78.9 Å². The van der Waals surface area contributed by atoms with Gasteiger partial charge < -0.3 is 24.3 Å². The molecule has 9 heteroatoms. The quantitative estimate of drug-likeness (QED) is 0.111. The second-order valence-corrected chi connectivity index (χ2v) is 10.2. The van der Waals surface area contributed by atoms with Crippen molar-refractivity contribution in [1.29, 1.82) is 0 Å². The van der Waals surface area contributed by atoms with Crippen LogP contribution in [0, 0.1) is 0 Å². The highest BCUT2D eigenvalue weighted by Crippen LogP contribution is 2.39. The predicted molar refractivity (Wildman–Crippen MR) is 172 cm³/mol. The van der Waals surface area contributed by atoms with E-state index in [-0.39, 0.29) is 47.8 Å². The van der Waals surface area contributed by atoms with Gasteiger partial charge in [-0.05, 0) is 59.5 Å². The SMILES string of the molecule is COc1ccc(COc2ccc(C(=O)NCCCC(=O)CN=Cc3ccccc3)c(Cl)c2OCc2ccc(OC)cc2)cc1. The number of ether oxygens (including phenoxy) is 4. The number of carbonyl (C=O) groups is 2. The highest BCUT2D eigenvalue weighted by molar-refractivity contribution is 6.35. The van der Waals surface area contributed by atoms with Crippen LogP contribution in [0.25, 0.3) is 0 Å². The number of aliphatic imine (C=N–C) groups is 1. The molecule has 1 amide bonds. The van der Waals surface area contributed by atoms with E-state index in [0.29, 0.717) is 25.1 Å². The van der Waals surface area contributed by atoms with Crippen molar-refractivity contribution in [3.05, 3.63) is 118 Å². The molecule has 8 nitrogen and oxygen atoms in total. The summed E-state index contributed by atoms with van der Waals surface area (Å²) in [7, 11) is 3.22. The maximum atomic E-state index is 13.1. The molecule has 0 radical (unpaired) electrons. The number of rotatable bonds is 16. The van der Waals surface area contributed by atoms with Crippen molar-refractivity contribution in [2.45, 2.75) is 26.1 Å². The van der Waals surface area contributed by atoms with Crippen LogP contribution in [0.15, 0.2) is 96.0 Å². The van der Waals surface area contributed by atoms with Crippen molar-refractivity contribution in [2.24, 2.45) is 4.99 Å². The largest absolute Gasteiger partial charge is 0.497 e. The first-order chi connectivity index (χ1) is 21.5. The van der Waals surface area contributed by atoms with Crippen LogP contribution in [0.1, 0.15) is 39.9 Å². The van der Waals surface area contributed by atoms with Crippen molar-refractivity contribution in [3.8, 4) is 23.0 Å². The van der Waals surface area contributed by atoms with Gasteiger partial charge >= 0.3 is 0 Å². The summed E-state index contributed by atoms with van der Waals surface area (Å²) >= 11 is 6.74. The number of nitrogens with one attached hydrogen (secondary N) is 1. The molecule has 0 fully saturated rings. The van der Waals surface area contributed by atoms with E-state index in [9.17, 15) is 9.59 Å². The van der Waals surface area contributed by atoms with Crippen molar-refractivity contribution in [2.75, 3.05) is 27.3 Å². The Bertz CT molecular complexity index is 1540. The van der Waals surface area contributed by atoms with Crippen LogP contribution < -0.4 is 24.3 Å². The molecule has 0 aromatic heterocycles. The lowest BCUT2D eigenvalue weighted by molar-refractivity contribution is -0.117. The first-order valence-corrected chi connectivity index (χ1v) is 14.5. The molecule has 0 heterocycles. The van der Waals surface area contributed by atoms with Crippen LogP contribution in [-0.4, -0.2) is 45.2 Å². The van der Waals surface area contributed by atoms with E-state index in [0.717, 1.165) is 28.2 Å². The molecular weight excluding hydrogens is 580 g/mol. The second-order valence-electron chi connectivity index (χ2n) is 9.81. The molecule has 1 N–H and O–H groups in total. The van der Waals surface area contributed by atoms with Gasteiger partial charge in [0, 0.05) is 19.2 Å². The lowest BCUT2D eigenvalue weighted by Crippen LogP contribution is -2.25. The van der Waals surface area contributed by atoms with Gasteiger partial charge in [-0.15, -0.1) is 0 Å². The fourth-order valence-electron chi connectivity index (χ4n) is 4.18. The third-order valence-electron chi connectivity index (χ3n) is 6.63. The summed E-state index contributed by atoms with van der Waals surface area (Å²) in [6.07, 6.45) is 2.46. The Morgan fingerprint density at radius 1 is 0.795 bits per heavy atom. The number of hydrogen-bond donors (Lipinski definition) is 1. The average molecular weight is 615 g/mol. The van der Waals surface area contributed by atoms with Crippen molar-refractivity contribution < 1.29 is 28.5 Å². The normalized spacial score (nSPS) is 10.8. The fourth-order valence-corrected chi connectivity index (χ4v) is 4.47. The van der Waals surface area contributed by atoms with Gasteiger partial charge in [-0.2, -0.15) is 0 Å². The third kappa shape index (κ3) is 9.61. The second kappa shape index (κ2) is 16.7. The summed E-state index contributed by atoms with van der Waals surface area (Å²) in [5.41, 5.74) is 2.99. The first kappa shape index (κ1) is 32.1. The molecule has 44 heavy (non-hydrogen) atoms. The minimum Gasteiger partial charge on any atom is -0.497 e. The van der Waals surface area contributed by atoms with Gasteiger partial charge in [-0.25, -0.2) is 0 Å². The molecule has 0 spiro atoms. The molecule has 228 valence electrons. The van der Waals surface area contributed by atoms with Gasteiger partial charge in [-0.3, -0.25) is 14.6 Å². The summed E-state index contributed by atoms with van der Waals surface area (Å²) in [5, 5.41) is 2.98. The maximum absolute atomic E-state index is 13.1. The first-order valence-electron chi connectivity index (χ1n) is 14.2. The van der Waals surface area contributed by atoms with Crippen LogP contribution in [0.3, 0.4) is 0 Å². The Balaban J connectivity index is 1.37. The Morgan fingerprint density at radius 2 is 1.41 bits per heavy atom. The van der Waals surface area contributed by atoms with Crippen LogP contribution in [0.2, 0.25) is 5.02 Å². The number of Topliss-reactive ketones (excluding diaryl/α,β-unsaturated/α-hetero) is 1. The molecule has 0 bridgehead atoms. The van der Waals surface area contributed by atoms with E-state index in [1.54, 1.807) is 32.6 Å². The number of halogens is 1. The Hall–Kier alpha value is -4.82. The molecule has 0 atom stereocenters. The average Bonchev–Trinajstić information content (AvgIpc) is 3.06. The van der Waals surface area contributed by atoms with Crippen molar-refractivity contribution in [3.63, 3.8) is 0 Å². The van der Waals surface area contributed by atoms with E-state index in [4.69, 9.17) is 30.5 Å². The fraction of sp³-hybridized carbons (Fsp3) is 0.229. The van der Waals surface area contributed by atoms with Crippen molar-refractivity contribution in [1.82, 2.24) is 5.32 Å². The summed E-state index contributed by atoms with van der Waals surface area (Å²) in [6.45, 7) is 0.860. The Morgan fingerprint density at radius 3 is 2.02 bits per heavy atom. The number of ketones is 1. The van der Waals surface area contributed by atoms with E-state index < -0.39 is 0 Å². The lowest BCUT2D eigenvalue weighted by atomic mass is 10.1. The van der Waals surface area contributed by atoms with E-state index >= 15 is 0 Å². The summed E-state index contributed by atoms with van der Waals surface area (Å²) in [5.74, 6) is 1.76. The number of amides is 1. The van der Waals surface area contributed by atoms with Crippen LogP contribution in [0.4, 0.5) is 0 Å². The maximum Gasteiger partial charge on any atom is 0.252 e. The number of carbonyl (C=O) groups excluding carboxylic acids is 2. The van der Waals surface area contributed by atoms with Crippen molar-refractivity contribution >= 4 is 29.5 Å². The zero-order valence-corrected chi connectivity index (χ0v) is 25.5. The number of nitrogens with zero attached hydrogens (tertiary/aromatic N) is 1. The molecule has 0 saturated heterocycles. The minimum atomic E-state index is -0.374. The summed E-state index contributed by atoms with van der Waals surface area (Å²) in [6, 6.07) is 27.8. The lowest BCUT2D eigenvalue weighted by Gasteiger charge is -2.17. The highest BCUT2D eigenvalue weighted by atomic mass is 35.5. The van der Waals surface area contributed by atoms with E-state index in [2.05, 4.69) is 10.3 Å². The van der Waals surface area contributed by atoms with Crippen LogP contribution in [0.5, 0.6) is 23.0 Å².